The molecule has 0 radical (unpaired) electrons. The standard InChI is InChI=1S/C14H22N2O3/c1-4-19-14(18)8-11-9(2)15-16(10(11)3)12-6-5-7-13(12)17/h12-13,17H,4-8H2,1-3H3. The van der Waals surface area contributed by atoms with E-state index in [1.54, 1.807) is 6.92 Å². The van der Waals surface area contributed by atoms with Crippen molar-refractivity contribution >= 4 is 5.97 Å². The van der Waals surface area contributed by atoms with Crippen LogP contribution >= 0.6 is 0 Å². The van der Waals surface area contributed by atoms with Crippen LogP contribution in [0.5, 0.6) is 0 Å². The maximum absolute atomic E-state index is 11.6. The van der Waals surface area contributed by atoms with Crippen molar-refractivity contribution in [2.24, 2.45) is 0 Å². The van der Waals surface area contributed by atoms with Crippen LogP contribution in [0.25, 0.3) is 0 Å². The molecule has 0 aromatic carbocycles. The summed E-state index contributed by atoms with van der Waals surface area (Å²) in [6, 6.07) is 0.0506. The molecule has 0 saturated heterocycles. The lowest BCUT2D eigenvalue weighted by Crippen LogP contribution is -2.20. The molecule has 2 atom stereocenters. The van der Waals surface area contributed by atoms with Crippen LogP contribution in [-0.2, 0) is 16.0 Å². The van der Waals surface area contributed by atoms with Crippen molar-refractivity contribution in [3.8, 4) is 0 Å². The van der Waals surface area contributed by atoms with Crippen LogP contribution in [-0.4, -0.2) is 33.6 Å². The van der Waals surface area contributed by atoms with Gasteiger partial charge in [-0.15, -0.1) is 0 Å². The van der Waals surface area contributed by atoms with Crippen LogP contribution in [0.3, 0.4) is 0 Å². The minimum absolute atomic E-state index is 0.0506. The Balaban J connectivity index is 2.22. The van der Waals surface area contributed by atoms with E-state index in [1.807, 2.05) is 18.5 Å². The summed E-state index contributed by atoms with van der Waals surface area (Å²) in [4.78, 5) is 11.6. The highest BCUT2D eigenvalue weighted by Gasteiger charge is 2.30. The van der Waals surface area contributed by atoms with Crippen LogP contribution in [0.15, 0.2) is 0 Å². The summed E-state index contributed by atoms with van der Waals surface area (Å²) in [6.45, 7) is 6.06. The molecule has 1 aromatic rings. The number of aliphatic hydroxyl groups is 1. The second-order valence-corrected chi connectivity index (χ2v) is 5.14. The fourth-order valence-electron chi connectivity index (χ4n) is 2.84. The van der Waals surface area contributed by atoms with Gasteiger partial charge < -0.3 is 9.84 Å². The number of aliphatic hydroxyl groups excluding tert-OH is 1. The molecule has 0 aliphatic heterocycles. The molecule has 1 fully saturated rings. The van der Waals surface area contributed by atoms with Gasteiger partial charge in [0.25, 0.3) is 0 Å². The van der Waals surface area contributed by atoms with Gasteiger partial charge in [-0.3, -0.25) is 9.48 Å². The van der Waals surface area contributed by atoms with E-state index in [1.165, 1.54) is 0 Å². The van der Waals surface area contributed by atoms with Crippen LogP contribution in [0.2, 0.25) is 0 Å². The molecule has 1 aromatic heterocycles. The molecule has 5 nitrogen and oxygen atoms in total. The topological polar surface area (TPSA) is 64.3 Å². The van der Waals surface area contributed by atoms with Crippen molar-refractivity contribution in [1.29, 1.82) is 0 Å². The lowest BCUT2D eigenvalue weighted by Gasteiger charge is -2.17. The number of rotatable bonds is 4. The first-order valence-corrected chi connectivity index (χ1v) is 6.92. The van der Waals surface area contributed by atoms with Gasteiger partial charge in [0.1, 0.15) is 0 Å². The number of carbonyl (C=O) groups excluding carboxylic acids is 1. The number of aromatic nitrogens is 2. The fourth-order valence-corrected chi connectivity index (χ4v) is 2.84. The predicted octanol–water partition coefficient (Wildman–Crippen LogP) is 1.69. The molecule has 1 aliphatic rings. The molecule has 1 aliphatic carbocycles. The lowest BCUT2D eigenvalue weighted by molar-refractivity contribution is -0.142. The largest absolute Gasteiger partial charge is 0.466 e. The first kappa shape index (κ1) is 14.1. The third kappa shape index (κ3) is 2.81. The van der Waals surface area contributed by atoms with Gasteiger partial charge in [0.15, 0.2) is 0 Å². The van der Waals surface area contributed by atoms with Crippen molar-refractivity contribution < 1.29 is 14.6 Å². The molecule has 1 N–H and O–H groups in total. The van der Waals surface area contributed by atoms with E-state index in [0.717, 1.165) is 36.2 Å². The van der Waals surface area contributed by atoms with Crippen molar-refractivity contribution in [2.45, 2.75) is 58.6 Å². The molecule has 19 heavy (non-hydrogen) atoms. The molecule has 0 bridgehead atoms. The molecular formula is C14H22N2O3. The summed E-state index contributed by atoms with van der Waals surface area (Å²) in [5, 5.41) is 14.5. The van der Waals surface area contributed by atoms with Gasteiger partial charge in [-0.1, -0.05) is 0 Å². The summed E-state index contributed by atoms with van der Waals surface area (Å²) in [7, 11) is 0. The third-order valence-corrected chi connectivity index (χ3v) is 3.86. The summed E-state index contributed by atoms with van der Waals surface area (Å²) < 4.78 is 6.88. The van der Waals surface area contributed by atoms with Gasteiger partial charge in [-0.25, -0.2) is 0 Å². The van der Waals surface area contributed by atoms with Gasteiger partial charge in [-0.2, -0.15) is 5.10 Å². The SMILES string of the molecule is CCOC(=O)Cc1c(C)nn(C2CCCC2O)c1C. The third-order valence-electron chi connectivity index (χ3n) is 3.86. The maximum atomic E-state index is 11.6. The first-order chi connectivity index (χ1) is 9.04. The molecule has 0 amide bonds. The summed E-state index contributed by atoms with van der Waals surface area (Å²) in [5.41, 5.74) is 2.75. The summed E-state index contributed by atoms with van der Waals surface area (Å²) in [6.07, 6.45) is 2.73. The van der Waals surface area contributed by atoms with E-state index in [2.05, 4.69) is 5.10 Å². The summed E-state index contributed by atoms with van der Waals surface area (Å²) >= 11 is 0. The highest BCUT2D eigenvalue weighted by molar-refractivity contribution is 5.73. The van der Waals surface area contributed by atoms with E-state index < -0.39 is 0 Å². The first-order valence-electron chi connectivity index (χ1n) is 6.92. The average Bonchev–Trinajstić information content (AvgIpc) is 2.88. The van der Waals surface area contributed by atoms with E-state index in [4.69, 9.17) is 4.74 Å². The maximum Gasteiger partial charge on any atom is 0.310 e. The smallest absolute Gasteiger partial charge is 0.310 e. The summed E-state index contributed by atoms with van der Waals surface area (Å²) in [5.74, 6) is -0.222. The Morgan fingerprint density at radius 1 is 1.47 bits per heavy atom. The second kappa shape index (κ2) is 5.74. The fraction of sp³-hybridized carbons (Fsp3) is 0.714. The monoisotopic (exact) mass is 266 g/mol. The zero-order valence-electron chi connectivity index (χ0n) is 11.8. The predicted molar refractivity (Wildman–Crippen MR) is 70.9 cm³/mol. The quantitative estimate of drug-likeness (QED) is 0.842. The zero-order valence-corrected chi connectivity index (χ0v) is 11.8. The minimum atomic E-state index is -0.326. The van der Waals surface area contributed by atoms with E-state index >= 15 is 0 Å². The number of esters is 1. The van der Waals surface area contributed by atoms with Gasteiger partial charge in [-0.05, 0) is 40.0 Å². The molecule has 5 heteroatoms. The Kier molecular flexibility index (Phi) is 4.24. The minimum Gasteiger partial charge on any atom is -0.466 e. The number of hydrogen-bond acceptors (Lipinski definition) is 4. The number of nitrogens with zero attached hydrogens (tertiary/aromatic N) is 2. The number of carbonyl (C=O) groups is 1. The van der Waals surface area contributed by atoms with Gasteiger partial charge >= 0.3 is 5.97 Å². The average molecular weight is 266 g/mol. The van der Waals surface area contributed by atoms with Crippen molar-refractivity contribution in [3.05, 3.63) is 17.0 Å². The molecule has 1 heterocycles. The van der Waals surface area contributed by atoms with E-state index in [-0.39, 0.29) is 24.5 Å². The number of ether oxygens (including phenoxy) is 1. The lowest BCUT2D eigenvalue weighted by atomic mass is 10.1. The molecule has 2 unspecified atom stereocenters. The van der Waals surface area contributed by atoms with E-state index in [9.17, 15) is 9.90 Å². The van der Waals surface area contributed by atoms with Crippen LogP contribution in [0.4, 0.5) is 0 Å². The zero-order chi connectivity index (χ0) is 14.0. The Bertz CT molecular complexity index is 468. The highest BCUT2D eigenvalue weighted by Crippen LogP contribution is 2.32. The van der Waals surface area contributed by atoms with Crippen LogP contribution < -0.4 is 0 Å². The van der Waals surface area contributed by atoms with E-state index in [0.29, 0.717) is 6.61 Å². The van der Waals surface area contributed by atoms with Gasteiger partial charge in [0.05, 0.1) is 30.9 Å². The Hall–Kier alpha value is -1.36. The Morgan fingerprint density at radius 3 is 2.79 bits per heavy atom. The van der Waals surface area contributed by atoms with Crippen molar-refractivity contribution in [1.82, 2.24) is 9.78 Å². The normalized spacial score (nSPS) is 22.7. The Labute approximate surface area is 113 Å². The van der Waals surface area contributed by atoms with Crippen LogP contribution in [0.1, 0.15) is 49.2 Å². The highest BCUT2D eigenvalue weighted by atomic mass is 16.5. The molecule has 1 saturated carbocycles. The molecular weight excluding hydrogens is 244 g/mol. The van der Waals surface area contributed by atoms with Crippen molar-refractivity contribution in [2.75, 3.05) is 6.61 Å². The van der Waals surface area contributed by atoms with Crippen LogP contribution in [0, 0.1) is 13.8 Å². The van der Waals surface area contributed by atoms with Gasteiger partial charge in [0, 0.05) is 11.3 Å². The molecule has 2 rings (SSSR count). The van der Waals surface area contributed by atoms with Gasteiger partial charge in [0.2, 0.25) is 0 Å². The molecule has 0 spiro atoms. The number of aryl methyl sites for hydroxylation is 1. The van der Waals surface area contributed by atoms with Crippen molar-refractivity contribution in [3.63, 3.8) is 0 Å². The number of hydrogen-bond donors (Lipinski definition) is 1. The second-order valence-electron chi connectivity index (χ2n) is 5.14. The Morgan fingerprint density at radius 2 is 2.21 bits per heavy atom. The molecule has 106 valence electrons.